The highest BCUT2D eigenvalue weighted by Gasteiger charge is 2.27. The number of hydrogen-bond donors (Lipinski definition) is 2. The number of anilines is 2. The standard InChI is InChI=1S/C14H18N2O/c1-14(2)8-12(7-13(17)9-14)16-11-5-3-4-10(15)6-11/h3-7,16H,8-9,15H2,1-2H3. The van der Waals surface area contributed by atoms with Crippen molar-refractivity contribution < 1.29 is 4.79 Å². The molecule has 3 nitrogen and oxygen atoms in total. The first-order valence-electron chi connectivity index (χ1n) is 5.81. The molecule has 0 atom stereocenters. The largest absolute Gasteiger partial charge is 0.399 e. The molecule has 1 aromatic carbocycles. The smallest absolute Gasteiger partial charge is 0.157 e. The lowest BCUT2D eigenvalue weighted by molar-refractivity contribution is -0.117. The molecule has 0 aromatic heterocycles. The molecule has 0 saturated heterocycles. The van der Waals surface area contributed by atoms with Crippen molar-refractivity contribution in [2.24, 2.45) is 5.41 Å². The first-order chi connectivity index (χ1) is 7.94. The van der Waals surface area contributed by atoms with Crippen LogP contribution >= 0.6 is 0 Å². The number of allylic oxidation sites excluding steroid dienone is 2. The van der Waals surface area contributed by atoms with Crippen LogP contribution in [0, 0.1) is 5.41 Å². The van der Waals surface area contributed by atoms with E-state index in [9.17, 15) is 4.79 Å². The summed E-state index contributed by atoms with van der Waals surface area (Å²) >= 11 is 0. The van der Waals surface area contributed by atoms with Crippen LogP contribution in [0.15, 0.2) is 36.0 Å². The molecule has 90 valence electrons. The van der Waals surface area contributed by atoms with Gasteiger partial charge in [-0.05, 0) is 30.0 Å². The minimum atomic E-state index is 0.0362. The number of nitrogens with two attached hydrogens (primary N) is 1. The highest BCUT2D eigenvalue weighted by molar-refractivity contribution is 5.92. The maximum Gasteiger partial charge on any atom is 0.157 e. The van der Waals surface area contributed by atoms with Gasteiger partial charge in [-0.15, -0.1) is 0 Å². The number of nitrogen functional groups attached to an aromatic ring is 1. The predicted molar refractivity (Wildman–Crippen MR) is 70.6 cm³/mol. The molecule has 3 N–H and O–H groups in total. The van der Waals surface area contributed by atoms with Crippen molar-refractivity contribution in [3.63, 3.8) is 0 Å². The van der Waals surface area contributed by atoms with Crippen LogP contribution in [0.3, 0.4) is 0 Å². The second-order valence-corrected chi connectivity index (χ2v) is 5.40. The summed E-state index contributed by atoms with van der Waals surface area (Å²) in [6, 6.07) is 7.56. The van der Waals surface area contributed by atoms with E-state index in [0.29, 0.717) is 6.42 Å². The summed E-state index contributed by atoms with van der Waals surface area (Å²) in [5.74, 6) is 0.188. The Hall–Kier alpha value is -1.77. The fraction of sp³-hybridized carbons (Fsp3) is 0.357. The van der Waals surface area contributed by atoms with Crippen molar-refractivity contribution in [3.05, 3.63) is 36.0 Å². The topological polar surface area (TPSA) is 55.1 Å². The van der Waals surface area contributed by atoms with Crippen LogP contribution < -0.4 is 11.1 Å². The second kappa shape index (κ2) is 4.24. The molecule has 1 aliphatic carbocycles. The molecule has 0 spiro atoms. The van der Waals surface area contributed by atoms with Gasteiger partial charge in [-0.25, -0.2) is 0 Å². The third-order valence-electron chi connectivity index (χ3n) is 2.85. The van der Waals surface area contributed by atoms with Gasteiger partial charge in [0.25, 0.3) is 0 Å². The van der Waals surface area contributed by atoms with Gasteiger partial charge in [-0.1, -0.05) is 19.9 Å². The van der Waals surface area contributed by atoms with Gasteiger partial charge in [0.05, 0.1) is 0 Å². The molecule has 2 rings (SSSR count). The zero-order valence-corrected chi connectivity index (χ0v) is 10.3. The van der Waals surface area contributed by atoms with Gasteiger partial charge in [0.1, 0.15) is 0 Å². The highest BCUT2D eigenvalue weighted by atomic mass is 16.1. The number of carbonyl (C=O) groups excluding carboxylic acids is 1. The number of rotatable bonds is 2. The zero-order chi connectivity index (χ0) is 12.5. The summed E-state index contributed by atoms with van der Waals surface area (Å²) in [5, 5.41) is 3.27. The molecule has 0 unspecified atom stereocenters. The summed E-state index contributed by atoms with van der Waals surface area (Å²) in [6.45, 7) is 4.22. The third-order valence-corrected chi connectivity index (χ3v) is 2.85. The van der Waals surface area contributed by atoms with Crippen LogP contribution in [-0.2, 0) is 4.79 Å². The summed E-state index contributed by atoms with van der Waals surface area (Å²) < 4.78 is 0. The minimum absolute atomic E-state index is 0.0362. The first-order valence-corrected chi connectivity index (χ1v) is 5.81. The Balaban J connectivity index is 2.16. The van der Waals surface area contributed by atoms with Gasteiger partial charge < -0.3 is 11.1 Å². The summed E-state index contributed by atoms with van der Waals surface area (Å²) in [7, 11) is 0. The lowest BCUT2D eigenvalue weighted by atomic mass is 9.79. The minimum Gasteiger partial charge on any atom is -0.399 e. The molecule has 0 amide bonds. The maximum atomic E-state index is 11.6. The Morgan fingerprint density at radius 2 is 2.06 bits per heavy atom. The van der Waals surface area contributed by atoms with Crippen molar-refractivity contribution in [3.8, 4) is 0 Å². The van der Waals surface area contributed by atoms with Crippen LogP contribution in [-0.4, -0.2) is 5.78 Å². The Labute approximate surface area is 102 Å². The van der Waals surface area contributed by atoms with Crippen molar-refractivity contribution in [1.29, 1.82) is 0 Å². The Morgan fingerprint density at radius 1 is 1.29 bits per heavy atom. The molecule has 3 heteroatoms. The lowest BCUT2D eigenvalue weighted by Gasteiger charge is -2.29. The maximum absolute atomic E-state index is 11.6. The molecule has 0 bridgehead atoms. The van der Waals surface area contributed by atoms with Crippen molar-refractivity contribution in [2.45, 2.75) is 26.7 Å². The molecular formula is C14H18N2O. The number of benzene rings is 1. The van der Waals surface area contributed by atoms with Gasteiger partial charge in [0, 0.05) is 29.6 Å². The number of carbonyl (C=O) groups is 1. The summed E-state index contributed by atoms with van der Waals surface area (Å²) in [5.41, 5.74) is 8.38. The van der Waals surface area contributed by atoms with E-state index in [4.69, 9.17) is 5.73 Å². The van der Waals surface area contributed by atoms with Crippen LogP contribution in [0.5, 0.6) is 0 Å². The Bertz CT molecular complexity index is 475. The molecule has 0 radical (unpaired) electrons. The van der Waals surface area contributed by atoms with Gasteiger partial charge in [0.15, 0.2) is 5.78 Å². The fourth-order valence-electron chi connectivity index (χ4n) is 2.23. The average molecular weight is 230 g/mol. The van der Waals surface area contributed by atoms with Gasteiger partial charge in [-0.3, -0.25) is 4.79 Å². The molecule has 0 fully saturated rings. The lowest BCUT2D eigenvalue weighted by Crippen LogP contribution is -2.24. The summed E-state index contributed by atoms with van der Waals surface area (Å²) in [6.07, 6.45) is 3.21. The molecule has 1 aliphatic rings. The van der Waals surface area contributed by atoms with E-state index in [2.05, 4.69) is 19.2 Å². The van der Waals surface area contributed by atoms with Crippen LogP contribution in [0.25, 0.3) is 0 Å². The third kappa shape index (κ3) is 3.09. The van der Waals surface area contributed by atoms with E-state index in [1.54, 1.807) is 6.08 Å². The average Bonchev–Trinajstić information content (AvgIpc) is 2.13. The van der Waals surface area contributed by atoms with Crippen molar-refractivity contribution >= 4 is 17.2 Å². The van der Waals surface area contributed by atoms with E-state index in [-0.39, 0.29) is 11.2 Å². The van der Waals surface area contributed by atoms with Crippen molar-refractivity contribution in [2.75, 3.05) is 11.1 Å². The van der Waals surface area contributed by atoms with E-state index >= 15 is 0 Å². The number of hydrogen-bond acceptors (Lipinski definition) is 3. The van der Waals surface area contributed by atoms with Crippen LogP contribution in [0.4, 0.5) is 11.4 Å². The monoisotopic (exact) mass is 230 g/mol. The highest BCUT2D eigenvalue weighted by Crippen LogP contribution is 2.34. The molecular weight excluding hydrogens is 212 g/mol. The SMILES string of the molecule is CC1(C)CC(=O)C=C(Nc2cccc(N)c2)C1. The molecule has 17 heavy (non-hydrogen) atoms. The number of ketones is 1. The molecule has 0 aliphatic heterocycles. The van der Waals surface area contributed by atoms with Gasteiger partial charge in [0.2, 0.25) is 0 Å². The van der Waals surface area contributed by atoms with E-state index < -0.39 is 0 Å². The normalized spacial score (nSPS) is 18.7. The predicted octanol–water partition coefficient (Wildman–Crippen LogP) is 2.95. The van der Waals surface area contributed by atoms with Gasteiger partial charge >= 0.3 is 0 Å². The van der Waals surface area contributed by atoms with Gasteiger partial charge in [-0.2, -0.15) is 0 Å². The first kappa shape index (κ1) is 11.7. The van der Waals surface area contributed by atoms with Crippen molar-refractivity contribution in [1.82, 2.24) is 0 Å². The van der Waals surface area contributed by atoms with E-state index in [0.717, 1.165) is 23.5 Å². The molecule has 0 saturated carbocycles. The van der Waals surface area contributed by atoms with E-state index in [1.165, 1.54) is 0 Å². The Kier molecular flexibility index (Phi) is 2.92. The van der Waals surface area contributed by atoms with Crippen LogP contribution in [0.2, 0.25) is 0 Å². The number of nitrogens with one attached hydrogen (secondary N) is 1. The quantitative estimate of drug-likeness (QED) is 0.768. The molecule has 0 heterocycles. The van der Waals surface area contributed by atoms with Crippen LogP contribution in [0.1, 0.15) is 26.7 Å². The summed E-state index contributed by atoms with van der Waals surface area (Å²) in [4.78, 5) is 11.6. The Morgan fingerprint density at radius 3 is 2.71 bits per heavy atom. The van der Waals surface area contributed by atoms with E-state index in [1.807, 2.05) is 24.3 Å². The molecule has 1 aromatic rings. The fourth-order valence-corrected chi connectivity index (χ4v) is 2.23. The second-order valence-electron chi connectivity index (χ2n) is 5.40. The zero-order valence-electron chi connectivity index (χ0n) is 10.3.